The molecule has 2 aliphatic rings. The third-order valence-electron chi connectivity index (χ3n) is 6.36. The molecule has 0 radical (unpaired) electrons. The molecule has 2 N–H and O–H groups in total. The number of likely N-dealkylation sites (tertiary alicyclic amines) is 1. The van der Waals surface area contributed by atoms with Crippen molar-refractivity contribution in [3.05, 3.63) is 52.0 Å². The highest BCUT2D eigenvalue weighted by Gasteiger charge is 2.38. The predicted molar refractivity (Wildman–Crippen MR) is 132 cm³/mol. The highest BCUT2D eigenvalue weighted by Crippen LogP contribution is 2.36. The summed E-state index contributed by atoms with van der Waals surface area (Å²) in [5, 5.41) is 11.3. The van der Waals surface area contributed by atoms with Gasteiger partial charge in [0.15, 0.2) is 0 Å². The number of piperidine rings is 1. The molecular weight excluding hydrogens is 577 g/mol. The summed E-state index contributed by atoms with van der Waals surface area (Å²) >= 11 is 13.0. The third-order valence-corrected chi connectivity index (χ3v) is 7.03. The average molecular weight is 601 g/mol. The van der Waals surface area contributed by atoms with Gasteiger partial charge in [-0.2, -0.15) is 13.2 Å². The zero-order valence-corrected chi connectivity index (χ0v) is 21.7. The molecule has 0 aromatic heterocycles. The number of nitrogens with one attached hydrogen (secondary N) is 1. The lowest BCUT2D eigenvalue weighted by molar-refractivity contribution is -0.274. The van der Waals surface area contributed by atoms with Crippen LogP contribution in [-0.2, 0) is 16.0 Å². The number of hydrogen-bond acceptors (Lipinski definition) is 4. The summed E-state index contributed by atoms with van der Waals surface area (Å²) in [6, 6.07) is 9.27. The third kappa shape index (κ3) is 8.64. The van der Waals surface area contributed by atoms with E-state index in [1.54, 1.807) is 12.1 Å². The number of ether oxygens (including phenoxy) is 1. The van der Waals surface area contributed by atoms with Crippen molar-refractivity contribution in [2.75, 3.05) is 19.6 Å². The van der Waals surface area contributed by atoms with Crippen molar-refractivity contribution in [1.82, 2.24) is 10.2 Å². The summed E-state index contributed by atoms with van der Waals surface area (Å²) in [6.07, 6.45) is -6.63. The Morgan fingerprint density at radius 1 is 0.974 bits per heavy atom. The van der Waals surface area contributed by atoms with Crippen molar-refractivity contribution in [2.45, 2.75) is 44.3 Å². The van der Waals surface area contributed by atoms with Gasteiger partial charge in [-0.15, -0.1) is 13.2 Å². The van der Waals surface area contributed by atoms with E-state index in [0.717, 1.165) is 44.5 Å². The second kappa shape index (κ2) is 12.6. The lowest BCUT2D eigenvalue weighted by atomic mass is 9.95. The number of alkyl halides is 6. The highest BCUT2D eigenvalue weighted by molar-refractivity contribution is 6.36. The SMILES string of the molecule is O=C(O)C(F)(F)F.O=C1[C@H](Cc2c(Cl)cc(-c3ccc(OC(F)(F)F)cc3)cc2Cl)CCN1C1CCNCC1. The molecule has 14 heteroatoms. The number of amides is 1. The molecule has 2 aliphatic heterocycles. The first kappa shape index (κ1) is 30.8. The van der Waals surface area contributed by atoms with Crippen LogP contribution in [-0.4, -0.2) is 60.1 Å². The summed E-state index contributed by atoms with van der Waals surface area (Å²) in [5.74, 6) is -3.04. The van der Waals surface area contributed by atoms with Gasteiger partial charge in [-0.3, -0.25) is 4.79 Å². The fourth-order valence-electron chi connectivity index (χ4n) is 4.49. The molecule has 0 unspecified atom stereocenters. The van der Waals surface area contributed by atoms with E-state index in [2.05, 4.69) is 10.1 Å². The minimum Gasteiger partial charge on any atom is -0.475 e. The van der Waals surface area contributed by atoms with Gasteiger partial charge in [-0.05, 0) is 79.7 Å². The molecule has 2 saturated heterocycles. The van der Waals surface area contributed by atoms with E-state index in [-0.39, 0.29) is 17.6 Å². The largest absolute Gasteiger partial charge is 0.573 e. The normalized spacial score (nSPS) is 18.5. The second-order valence-electron chi connectivity index (χ2n) is 9.00. The Bertz CT molecular complexity index is 1150. The predicted octanol–water partition coefficient (Wildman–Crippen LogP) is 6.34. The summed E-state index contributed by atoms with van der Waals surface area (Å²) in [5.41, 5.74) is 2.06. The molecule has 1 atom stereocenters. The van der Waals surface area contributed by atoms with Gasteiger partial charge in [0.25, 0.3) is 0 Å². The van der Waals surface area contributed by atoms with E-state index in [0.29, 0.717) is 33.6 Å². The van der Waals surface area contributed by atoms with Crippen molar-refractivity contribution in [3.8, 4) is 16.9 Å². The molecule has 2 fully saturated rings. The van der Waals surface area contributed by atoms with Gasteiger partial charge in [-0.1, -0.05) is 35.3 Å². The first-order valence-corrected chi connectivity index (χ1v) is 12.6. The summed E-state index contributed by atoms with van der Waals surface area (Å²) in [6.45, 7) is 2.62. The summed E-state index contributed by atoms with van der Waals surface area (Å²) in [7, 11) is 0. The Labute approximate surface area is 229 Å². The van der Waals surface area contributed by atoms with Crippen molar-refractivity contribution in [1.29, 1.82) is 0 Å². The molecule has 2 heterocycles. The number of carbonyl (C=O) groups is 2. The van der Waals surface area contributed by atoms with E-state index in [1.165, 1.54) is 24.3 Å². The number of carboxylic acid groups (broad SMARTS) is 1. The van der Waals surface area contributed by atoms with Crippen LogP contribution in [0.2, 0.25) is 10.0 Å². The smallest absolute Gasteiger partial charge is 0.475 e. The number of rotatable bonds is 5. The molecule has 39 heavy (non-hydrogen) atoms. The Hall–Kier alpha value is -2.70. The topological polar surface area (TPSA) is 78.9 Å². The van der Waals surface area contributed by atoms with Gasteiger partial charge < -0.3 is 20.1 Å². The van der Waals surface area contributed by atoms with Crippen LogP contribution in [0.4, 0.5) is 26.3 Å². The van der Waals surface area contributed by atoms with Crippen molar-refractivity contribution < 1.29 is 45.8 Å². The van der Waals surface area contributed by atoms with E-state index >= 15 is 0 Å². The van der Waals surface area contributed by atoms with Gasteiger partial charge in [-0.25, -0.2) is 4.79 Å². The number of nitrogens with zero attached hydrogens (tertiary/aromatic N) is 1. The summed E-state index contributed by atoms with van der Waals surface area (Å²) < 4.78 is 72.7. The van der Waals surface area contributed by atoms with Gasteiger partial charge >= 0.3 is 18.5 Å². The molecule has 0 saturated carbocycles. The maximum Gasteiger partial charge on any atom is 0.573 e. The molecule has 1 amide bonds. The lowest BCUT2D eigenvalue weighted by Crippen LogP contribution is -2.44. The Morgan fingerprint density at radius 2 is 1.51 bits per heavy atom. The molecular formula is C25H24Cl2F6N2O4. The molecule has 0 bridgehead atoms. The minimum absolute atomic E-state index is 0.149. The summed E-state index contributed by atoms with van der Waals surface area (Å²) in [4.78, 5) is 23.9. The molecule has 2 aromatic rings. The Morgan fingerprint density at radius 3 is 2.00 bits per heavy atom. The number of benzene rings is 2. The second-order valence-corrected chi connectivity index (χ2v) is 9.81. The molecule has 214 valence electrons. The molecule has 2 aromatic carbocycles. The van der Waals surface area contributed by atoms with Crippen molar-refractivity contribution in [2.24, 2.45) is 5.92 Å². The Kier molecular flexibility index (Phi) is 10.0. The number of halogens is 8. The highest BCUT2D eigenvalue weighted by atomic mass is 35.5. The van der Waals surface area contributed by atoms with E-state index < -0.39 is 18.5 Å². The quantitative estimate of drug-likeness (QED) is 0.392. The number of aliphatic carboxylic acids is 1. The van der Waals surface area contributed by atoms with E-state index in [1.807, 2.05) is 4.90 Å². The van der Waals surface area contributed by atoms with Gasteiger partial charge in [0, 0.05) is 28.5 Å². The van der Waals surface area contributed by atoms with Crippen LogP contribution in [0.1, 0.15) is 24.8 Å². The number of carboxylic acids is 1. The van der Waals surface area contributed by atoms with Crippen molar-refractivity contribution in [3.63, 3.8) is 0 Å². The maximum atomic E-state index is 13.0. The van der Waals surface area contributed by atoms with Crippen molar-refractivity contribution >= 4 is 35.1 Å². The first-order chi connectivity index (χ1) is 18.2. The standard InChI is InChI=1S/C23H23Cl2F3N2O2.C2HF3O2/c24-20-12-16(14-1-3-18(4-2-14)32-23(26,27)28)13-21(25)19(20)11-15-7-10-30(22(15)31)17-5-8-29-9-6-17;3-2(4,5)1(6)7/h1-4,12-13,15,17,29H,5-11H2;(H,6,7)/t15-;/m0./s1. The zero-order valence-electron chi connectivity index (χ0n) is 20.2. The maximum absolute atomic E-state index is 13.0. The van der Waals surface area contributed by atoms with Crippen LogP contribution < -0.4 is 10.1 Å². The van der Waals surface area contributed by atoms with E-state index in [9.17, 15) is 31.1 Å². The lowest BCUT2D eigenvalue weighted by Gasteiger charge is -2.31. The van der Waals surface area contributed by atoms with E-state index in [4.69, 9.17) is 33.1 Å². The van der Waals surface area contributed by atoms with Crippen LogP contribution in [0.3, 0.4) is 0 Å². The fraction of sp³-hybridized carbons (Fsp3) is 0.440. The fourth-order valence-corrected chi connectivity index (χ4v) is 5.13. The van der Waals surface area contributed by atoms with Crippen LogP contribution in [0.15, 0.2) is 36.4 Å². The molecule has 4 rings (SSSR count). The average Bonchev–Trinajstić information content (AvgIpc) is 3.21. The zero-order chi connectivity index (χ0) is 29.0. The minimum atomic E-state index is -5.08. The first-order valence-electron chi connectivity index (χ1n) is 11.8. The number of carbonyl (C=O) groups excluding carboxylic acids is 1. The number of hydrogen-bond donors (Lipinski definition) is 2. The van der Waals surface area contributed by atoms with Crippen LogP contribution >= 0.6 is 23.2 Å². The van der Waals surface area contributed by atoms with Crippen LogP contribution in [0.25, 0.3) is 11.1 Å². The molecule has 0 spiro atoms. The van der Waals surface area contributed by atoms with Gasteiger partial charge in [0.05, 0.1) is 0 Å². The monoisotopic (exact) mass is 600 g/mol. The molecule has 6 nitrogen and oxygen atoms in total. The van der Waals surface area contributed by atoms with Crippen LogP contribution in [0, 0.1) is 5.92 Å². The molecule has 0 aliphatic carbocycles. The van der Waals surface area contributed by atoms with Gasteiger partial charge in [0.2, 0.25) is 5.91 Å². The Balaban J connectivity index is 0.000000532. The van der Waals surface area contributed by atoms with Gasteiger partial charge in [0.1, 0.15) is 5.75 Å². The van der Waals surface area contributed by atoms with Crippen LogP contribution in [0.5, 0.6) is 5.75 Å².